The smallest absolute Gasteiger partial charge is 0.306 e. The van der Waals surface area contributed by atoms with E-state index < -0.39 is 0 Å². The number of carbonyl (C=O) groups excluding carboxylic acids is 3. The second-order valence-corrected chi connectivity index (χ2v) is 24.8. The highest BCUT2D eigenvalue weighted by atomic mass is 32.2. The average molecular weight is 990 g/mol. The van der Waals surface area contributed by atoms with E-state index in [0.717, 1.165) is 34.4 Å². The predicted octanol–water partition coefficient (Wildman–Crippen LogP) is 15.1. The molecule has 59 heavy (non-hydrogen) atoms. The summed E-state index contributed by atoms with van der Waals surface area (Å²) >= 11 is 30.5. The lowest BCUT2D eigenvalue weighted by Crippen LogP contribution is -2.13. The number of hydrogen-bond acceptors (Lipinski definition) is 14. The first kappa shape index (κ1) is 62.2. The van der Waals surface area contributed by atoms with E-state index in [1.165, 1.54) is 42.9 Å². The largest absolute Gasteiger partial charge is 0.465 e. The number of esters is 1. The van der Waals surface area contributed by atoms with Crippen molar-refractivity contribution in [2.24, 2.45) is 0 Å². The van der Waals surface area contributed by atoms with Gasteiger partial charge >= 0.3 is 5.97 Å². The molecule has 0 amide bonds. The number of ether oxygens (including phenoxy) is 1. The third-order valence-corrected chi connectivity index (χ3v) is 16.0. The van der Waals surface area contributed by atoms with Crippen molar-refractivity contribution < 1.29 is 19.1 Å². The van der Waals surface area contributed by atoms with E-state index in [-0.39, 0.29) is 54.4 Å². The first-order valence-electron chi connectivity index (χ1n) is 18.4. The molecule has 0 saturated carbocycles. The van der Waals surface area contributed by atoms with Crippen LogP contribution in [0.4, 0.5) is 0 Å². The highest BCUT2D eigenvalue weighted by molar-refractivity contribution is 8.48. The maximum absolute atomic E-state index is 11.2. The van der Waals surface area contributed by atoms with E-state index in [1.807, 2.05) is 87.5 Å². The standard InChI is InChI=1S/C12H18O4S3.2C12H14S2.C8H14S3.CH4/c1-8(13)4-5-11(15)16-6-7-18-12(17)19-10(3)9(2)14;1-9(2)10(3)14-12(13)11-7-5-4-6-8-11;1-4-12(2,3)14-11(13)10-8-6-5-7-9-10;1-5-10-8(9)11-7(4)6(2)3;/h10H,4-7H2,1-3H3;4-8,10H,1H2,2-3H3;4-9H,1H2,2-3H3;7H,2,5H2,1,3-4H3;1H4. The fraction of sp³-hybridized carbons (Fsp3) is 0.444. The van der Waals surface area contributed by atoms with Crippen molar-refractivity contribution >= 4 is 152 Å². The Morgan fingerprint density at radius 3 is 1.58 bits per heavy atom. The van der Waals surface area contributed by atoms with E-state index in [1.54, 1.807) is 47.0 Å². The molecule has 0 fully saturated rings. The van der Waals surface area contributed by atoms with Crippen LogP contribution in [0.3, 0.4) is 0 Å². The number of ketones is 2. The van der Waals surface area contributed by atoms with Gasteiger partial charge in [0.1, 0.15) is 25.2 Å². The number of carbonyl (C=O) groups is 3. The zero-order valence-corrected chi connectivity index (χ0v) is 43.6. The Hall–Kier alpha value is -1.07. The molecule has 2 rings (SSSR count). The molecule has 0 spiro atoms. The lowest BCUT2D eigenvalue weighted by atomic mass is 10.2. The Morgan fingerprint density at radius 1 is 0.712 bits per heavy atom. The van der Waals surface area contributed by atoms with Crippen molar-refractivity contribution in [3.8, 4) is 0 Å². The summed E-state index contributed by atoms with van der Waals surface area (Å²) in [6.07, 6.45) is 2.27. The second-order valence-electron chi connectivity index (χ2n) is 13.0. The Kier molecular flexibility index (Phi) is 38.4. The van der Waals surface area contributed by atoms with Crippen molar-refractivity contribution in [3.63, 3.8) is 0 Å². The molecule has 2 aromatic carbocycles. The normalized spacial score (nSPS) is 11.6. The number of thioether (sulfide) groups is 6. The van der Waals surface area contributed by atoms with Gasteiger partial charge in [0.25, 0.3) is 0 Å². The van der Waals surface area contributed by atoms with Crippen molar-refractivity contribution in [2.75, 3.05) is 18.1 Å². The summed E-state index contributed by atoms with van der Waals surface area (Å²) in [5, 5.41) is 0.711. The summed E-state index contributed by atoms with van der Waals surface area (Å²) in [6, 6.07) is 20.2. The van der Waals surface area contributed by atoms with Gasteiger partial charge in [-0.15, -0.1) is 65.4 Å². The molecular formula is C45H64O4S10. The molecule has 3 unspecified atom stereocenters. The van der Waals surface area contributed by atoms with E-state index in [9.17, 15) is 14.4 Å². The molecule has 0 aromatic heterocycles. The maximum atomic E-state index is 11.2. The zero-order chi connectivity index (χ0) is 44.8. The first-order valence-corrected chi connectivity index (χ1v) is 25.4. The van der Waals surface area contributed by atoms with Gasteiger partial charge in [0.2, 0.25) is 0 Å². The third-order valence-electron chi connectivity index (χ3n) is 7.17. The predicted molar refractivity (Wildman–Crippen MR) is 293 cm³/mol. The van der Waals surface area contributed by atoms with Crippen molar-refractivity contribution in [3.05, 3.63) is 109 Å². The molecule has 0 radical (unpaired) electrons. The molecule has 0 bridgehead atoms. The highest BCUT2D eigenvalue weighted by Gasteiger charge is 2.17. The molecule has 0 N–H and O–H groups in total. The van der Waals surface area contributed by atoms with Gasteiger partial charge in [-0.1, -0.05) is 166 Å². The molecule has 2 aromatic rings. The summed E-state index contributed by atoms with van der Waals surface area (Å²) < 4.78 is 8.53. The summed E-state index contributed by atoms with van der Waals surface area (Å²) in [5.74, 6) is 1.31. The van der Waals surface area contributed by atoms with Crippen LogP contribution in [0.1, 0.15) is 101 Å². The topological polar surface area (TPSA) is 60.4 Å². The van der Waals surface area contributed by atoms with Crippen LogP contribution in [0.5, 0.6) is 0 Å². The lowest BCUT2D eigenvalue weighted by Gasteiger charge is -2.19. The Morgan fingerprint density at radius 2 is 1.15 bits per heavy atom. The number of benzene rings is 2. The fourth-order valence-corrected chi connectivity index (χ4v) is 11.1. The van der Waals surface area contributed by atoms with Crippen LogP contribution in [0.15, 0.2) is 97.6 Å². The van der Waals surface area contributed by atoms with Gasteiger partial charge in [-0.05, 0) is 79.2 Å². The summed E-state index contributed by atoms with van der Waals surface area (Å²) in [6.45, 7) is 31.3. The molecule has 0 aliphatic rings. The van der Waals surface area contributed by atoms with E-state index in [0.29, 0.717) is 19.8 Å². The van der Waals surface area contributed by atoms with E-state index in [2.05, 4.69) is 54.4 Å². The maximum Gasteiger partial charge on any atom is 0.306 e. The number of hydrogen-bond donors (Lipinski definition) is 0. The molecule has 3 atom stereocenters. The highest BCUT2D eigenvalue weighted by Crippen LogP contribution is 2.30. The van der Waals surface area contributed by atoms with Crippen molar-refractivity contribution in [2.45, 2.75) is 110 Å². The quantitative estimate of drug-likeness (QED) is 0.0654. The molecule has 328 valence electrons. The Bertz CT molecular complexity index is 1640. The Labute approximate surface area is 404 Å². The minimum atomic E-state index is -0.369. The number of rotatable bonds is 17. The van der Waals surface area contributed by atoms with Crippen molar-refractivity contribution in [1.82, 2.24) is 0 Å². The second kappa shape index (κ2) is 36.4. The molecule has 0 saturated heterocycles. The zero-order valence-electron chi connectivity index (χ0n) is 35.5. The third kappa shape index (κ3) is 35.1. The van der Waals surface area contributed by atoms with Crippen LogP contribution in [-0.4, -0.2) is 71.6 Å². The first-order chi connectivity index (χ1) is 27.1. The van der Waals surface area contributed by atoms with E-state index in [4.69, 9.17) is 53.6 Å². The summed E-state index contributed by atoms with van der Waals surface area (Å²) in [5.41, 5.74) is 4.59. The van der Waals surface area contributed by atoms with Crippen LogP contribution in [-0.2, 0) is 19.1 Å². The number of thiocarbonyl (C=S) groups is 4. The van der Waals surface area contributed by atoms with Gasteiger partial charge in [0.05, 0.1) is 20.1 Å². The van der Waals surface area contributed by atoms with Gasteiger partial charge in [0, 0.05) is 27.4 Å². The van der Waals surface area contributed by atoms with Gasteiger partial charge in [-0.3, -0.25) is 9.59 Å². The van der Waals surface area contributed by atoms with Crippen LogP contribution < -0.4 is 0 Å². The molecule has 0 aliphatic heterocycles. The Balaban J connectivity index is -0.000000717. The van der Waals surface area contributed by atoms with Crippen LogP contribution in [0, 0.1) is 0 Å². The van der Waals surface area contributed by atoms with Gasteiger partial charge in [-0.2, -0.15) is 0 Å². The van der Waals surface area contributed by atoms with Crippen LogP contribution in [0.25, 0.3) is 0 Å². The van der Waals surface area contributed by atoms with Gasteiger partial charge in [-0.25, -0.2) is 0 Å². The summed E-state index contributed by atoms with van der Waals surface area (Å²) in [4.78, 5) is 32.9. The minimum absolute atomic E-state index is 0. The fourth-order valence-electron chi connectivity index (χ4n) is 3.11. The van der Waals surface area contributed by atoms with Gasteiger partial charge in [0.15, 0.2) is 0 Å². The SMILES string of the molecule is C.C=C(C)C(C)SC(=S)SCC.C=C(C)C(C)SC(=S)c1ccccc1.C=CC(C)(C)SC(=S)c1ccccc1.CC(=O)CCC(=O)OCCSC(=S)SC(C)C(C)=O. The molecule has 4 nitrogen and oxygen atoms in total. The lowest BCUT2D eigenvalue weighted by molar-refractivity contribution is -0.144. The van der Waals surface area contributed by atoms with Crippen LogP contribution >= 0.6 is 119 Å². The molecular weight excluding hydrogens is 925 g/mol. The average Bonchev–Trinajstić information content (AvgIpc) is 3.16. The van der Waals surface area contributed by atoms with Crippen LogP contribution in [0.2, 0.25) is 0 Å². The molecule has 0 heterocycles. The van der Waals surface area contributed by atoms with Crippen molar-refractivity contribution in [1.29, 1.82) is 0 Å². The number of Topliss-reactive ketones (excluding diaryl/α,β-unsaturated/α-hetero) is 2. The molecule has 14 heteroatoms. The van der Waals surface area contributed by atoms with Gasteiger partial charge < -0.3 is 9.53 Å². The summed E-state index contributed by atoms with van der Waals surface area (Å²) in [7, 11) is 0. The van der Waals surface area contributed by atoms with E-state index >= 15 is 0 Å². The monoisotopic (exact) mass is 988 g/mol. The molecule has 0 aliphatic carbocycles. The minimum Gasteiger partial charge on any atom is -0.465 e.